The first-order chi connectivity index (χ1) is 15.5. The molecule has 0 spiro atoms. The zero-order valence-electron chi connectivity index (χ0n) is 21.0. The Labute approximate surface area is 198 Å². The summed E-state index contributed by atoms with van der Waals surface area (Å²) in [5, 5.41) is 0. The van der Waals surface area contributed by atoms with Crippen molar-refractivity contribution in [1.82, 2.24) is 0 Å². The average Bonchev–Trinajstić information content (AvgIpc) is 2.72. The number of allylic oxidation sites excluding steroid dienone is 3. The smallest absolute Gasteiger partial charge is 0.311 e. The normalized spacial score (nSPS) is 34.1. The number of fused-ring (bicyclic) bond motifs is 1. The molecular formula is C27H40O6. The summed E-state index contributed by atoms with van der Waals surface area (Å²) in [5.41, 5.74) is 0.750. The predicted octanol–water partition coefficient (Wildman–Crippen LogP) is 5.16. The molecule has 33 heavy (non-hydrogen) atoms. The summed E-state index contributed by atoms with van der Waals surface area (Å²) < 4.78 is 17.0. The third-order valence-electron chi connectivity index (χ3n) is 7.66. The van der Waals surface area contributed by atoms with Crippen LogP contribution in [0, 0.1) is 29.1 Å². The molecule has 184 valence electrons. The van der Waals surface area contributed by atoms with Crippen molar-refractivity contribution in [1.29, 1.82) is 0 Å². The molecule has 0 unspecified atom stereocenters. The van der Waals surface area contributed by atoms with E-state index in [0.29, 0.717) is 24.7 Å². The molecule has 0 bridgehead atoms. The molecule has 1 aliphatic heterocycles. The van der Waals surface area contributed by atoms with Gasteiger partial charge in [-0.2, -0.15) is 0 Å². The Morgan fingerprint density at radius 2 is 1.88 bits per heavy atom. The molecule has 6 nitrogen and oxygen atoms in total. The van der Waals surface area contributed by atoms with Crippen LogP contribution in [0.3, 0.4) is 0 Å². The SMILES string of the molecule is CCC(C)(C)C(=O)O[C@@H]1C[C@H](C)C=C2C=C[C@@H](C)[C@@H](CC[C@H]3C[C@H](OC(C)=O)CC(=O)O3)[C@@H]21. The fourth-order valence-electron chi connectivity index (χ4n) is 5.39. The second-order valence-corrected chi connectivity index (χ2v) is 10.8. The maximum absolute atomic E-state index is 12.9. The van der Waals surface area contributed by atoms with Crippen LogP contribution in [0.2, 0.25) is 0 Å². The minimum atomic E-state index is -0.502. The third-order valence-corrected chi connectivity index (χ3v) is 7.66. The number of ether oxygens (including phenoxy) is 3. The molecule has 3 aliphatic rings. The Bertz CT molecular complexity index is 807. The molecule has 1 fully saturated rings. The van der Waals surface area contributed by atoms with Gasteiger partial charge in [-0.3, -0.25) is 14.4 Å². The Hall–Kier alpha value is -2.11. The molecule has 7 atom stereocenters. The largest absolute Gasteiger partial charge is 0.462 e. The summed E-state index contributed by atoms with van der Waals surface area (Å²) in [5.74, 6) is 0.283. The summed E-state index contributed by atoms with van der Waals surface area (Å²) in [6.07, 6.45) is 9.70. The van der Waals surface area contributed by atoms with Gasteiger partial charge in [-0.15, -0.1) is 0 Å². The number of cyclic esters (lactones) is 1. The number of rotatable bonds is 7. The minimum absolute atomic E-state index is 0.122. The van der Waals surface area contributed by atoms with E-state index >= 15 is 0 Å². The van der Waals surface area contributed by atoms with Gasteiger partial charge < -0.3 is 14.2 Å². The fraction of sp³-hybridized carbons (Fsp3) is 0.741. The van der Waals surface area contributed by atoms with E-state index in [1.54, 1.807) is 0 Å². The Kier molecular flexibility index (Phi) is 8.07. The molecule has 0 aromatic rings. The molecule has 0 amide bonds. The first-order valence-electron chi connectivity index (χ1n) is 12.5. The lowest BCUT2D eigenvalue weighted by atomic mass is 9.65. The zero-order valence-corrected chi connectivity index (χ0v) is 21.0. The van der Waals surface area contributed by atoms with Crippen molar-refractivity contribution in [3.63, 3.8) is 0 Å². The first kappa shape index (κ1) is 25.5. The number of carbonyl (C=O) groups excluding carboxylic acids is 3. The van der Waals surface area contributed by atoms with E-state index in [-0.39, 0.29) is 48.4 Å². The van der Waals surface area contributed by atoms with Crippen LogP contribution in [0.5, 0.6) is 0 Å². The second kappa shape index (κ2) is 10.4. The van der Waals surface area contributed by atoms with Crippen LogP contribution in [0.1, 0.15) is 80.1 Å². The van der Waals surface area contributed by atoms with Crippen molar-refractivity contribution in [3.8, 4) is 0 Å². The van der Waals surface area contributed by atoms with Gasteiger partial charge >= 0.3 is 17.9 Å². The average molecular weight is 461 g/mol. The topological polar surface area (TPSA) is 78.9 Å². The van der Waals surface area contributed by atoms with Crippen LogP contribution in [0.4, 0.5) is 0 Å². The molecule has 0 aromatic carbocycles. The highest BCUT2D eigenvalue weighted by Gasteiger charge is 2.43. The maximum Gasteiger partial charge on any atom is 0.311 e. The summed E-state index contributed by atoms with van der Waals surface area (Å²) >= 11 is 0. The van der Waals surface area contributed by atoms with Crippen molar-refractivity contribution in [2.24, 2.45) is 29.1 Å². The Morgan fingerprint density at radius 3 is 2.55 bits per heavy atom. The Morgan fingerprint density at radius 1 is 1.15 bits per heavy atom. The van der Waals surface area contributed by atoms with Crippen LogP contribution < -0.4 is 0 Å². The van der Waals surface area contributed by atoms with Gasteiger partial charge in [0.1, 0.15) is 18.3 Å². The highest BCUT2D eigenvalue weighted by molar-refractivity contribution is 5.76. The van der Waals surface area contributed by atoms with Gasteiger partial charge in [0.2, 0.25) is 0 Å². The van der Waals surface area contributed by atoms with Gasteiger partial charge in [0.05, 0.1) is 11.8 Å². The molecule has 1 saturated heterocycles. The quantitative estimate of drug-likeness (QED) is 0.386. The summed E-state index contributed by atoms with van der Waals surface area (Å²) in [6.45, 7) is 11.6. The van der Waals surface area contributed by atoms with Gasteiger partial charge in [-0.25, -0.2) is 0 Å². The van der Waals surface area contributed by atoms with Gasteiger partial charge in [0.25, 0.3) is 0 Å². The number of carbonyl (C=O) groups is 3. The maximum atomic E-state index is 12.9. The van der Waals surface area contributed by atoms with Crippen LogP contribution in [0.15, 0.2) is 23.8 Å². The van der Waals surface area contributed by atoms with E-state index in [1.807, 2.05) is 20.8 Å². The van der Waals surface area contributed by atoms with Crippen LogP contribution in [-0.4, -0.2) is 36.2 Å². The van der Waals surface area contributed by atoms with Crippen molar-refractivity contribution in [2.45, 2.75) is 98.4 Å². The molecule has 0 aromatic heterocycles. The van der Waals surface area contributed by atoms with E-state index in [2.05, 4.69) is 32.1 Å². The molecule has 3 rings (SSSR count). The van der Waals surface area contributed by atoms with E-state index in [9.17, 15) is 14.4 Å². The second-order valence-electron chi connectivity index (χ2n) is 10.8. The minimum Gasteiger partial charge on any atom is -0.462 e. The molecule has 6 heteroatoms. The zero-order chi connectivity index (χ0) is 24.3. The molecule has 1 heterocycles. The lowest BCUT2D eigenvalue weighted by Crippen LogP contribution is -2.43. The van der Waals surface area contributed by atoms with Crippen LogP contribution in [-0.2, 0) is 28.6 Å². The van der Waals surface area contributed by atoms with Crippen molar-refractivity contribution in [3.05, 3.63) is 23.8 Å². The number of hydrogen-bond acceptors (Lipinski definition) is 6. The van der Waals surface area contributed by atoms with Gasteiger partial charge in [-0.1, -0.05) is 39.0 Å². The molecule has 0 N–H and O–H groups in total. The molecule has 0 radical (unpaired) electrons. The van der Waals surface area contributed by atoms with Crippen LogP contribution >= 0.6 is 0 Å². The number of hydrogen-bond donors (Lipinski definition) is 0. The van der Waals surface area contributed by atoms with E-state index in [1.165, 1.54) is 12.5 Å². The van der Waals surface area contributed by atoms with E-state index < -0.39 is 11.5 Å². The standard InChI is InChI=1S/C27H40O6/c1-7-27(5,6)26(30)33-23-13-16(2)12-19-9-8-17(3)22(25(19)23)11-10-20-14-21(31-18(4)28)15-24(29)32-20/h8-9,12,16-17,20-23,25H,7,10-11,13-15H2,1-6H3/t16-,17-,20+,21+,22-,23-,25-/m1/s1. The molecule has 2 aliphatic carbocycles. The fourth-order valence-corrected chi connectivity index (χ4v) is 5.39. The molecule has 0 saturated carbocycles. The lowest BCUT2D eigenvalue weighted by molar-refractivity contribution is -0.170. The molecular weight excluding hydrogens is 420 g/mol. The first-order valence-corrected chi connectivity index (χ1v) is 12.5. The highest BCUT2D eigenvalue weighted by Crippen LogP contribution is 2.45. The summed E-state index contributed by atoms with van der Waals surface area (Å²) in [4.78, 5) is 36.3. The Balaban J connectivity index is 1.74. The lowest BCUT2D eigenvalue weighted by Gasteiger charge is -2.44. The number of esters is 3. The third kappa shape index (κ3) is 6.27. The van der Waals surface area contributed by atoms with Crippen molar-refractivity contribution >= 4 is 17.9 Å². The van der Waals surface area contributed by atoms with Crippen molar-refractivity contribution < 1.29 is 28.6 Å². The van der Waals surface area contributed by atoms with Crippen LogP contribution in [0.25, 0.3) is 0 Å². The van der Waals surface area contributed by atoms with E-state index in [4.69, 9.17) is 14.2 Å². The van der Waals surface area contributed by atoms with Gasteiger partial charge in [0.15, 0.2) is 0 Å². The monoisotopic (exact) mass is 460 g/mol. The van der Waals surface area contributed by atoms with E-state index in [0.717, 1.165) is 19.3 Å². The van der Waals surface area contributed by atoms with Crippen molar-refractivity contribution in [2.75, 3.05) is 0 Å². The summed E-state index contributed by atoms with van der Waals surface area (Å²) in [6, 6.07) is 0. The van der Waals surface area contributed by atoms with Gasteiger partial charge in [-0.05, 0) is 62.9 Å². The predicted molar refractivity (Wildman–Crippen MR) is 125 cm³/mol. The highest BCUT2D eigenvalue weighted by atomic mass is 16.6. The van der Waals surface area contributed by atoms with Gasteiger partial charge in [0, 0.05) is 19.3 Å². The summed E-state index contributed by atoms with van der Waals surface area (Å²) in [7, 11) is 0.